The topological polar surface area (TPSA) is 49.4 Å². The molecule has 64 heavy (non-hydrogen) atoms. The average molecular weight is 997 g/mol. The number of carbonyl (C=O) groups excluding carboxylic acids is 1. The van der Waals surface area contributed by atoms with Crippen molar-refractivity contribution in [3.8, 4) is 5.75 Å². The predicted molar refractivity (Wildman–Crippen MR) is 130 cm³/mol. The second-order valence-electron chi connectivity index (χ2n) is 12.9. The highest BCUT2D eigenvalue weighted by Gasteiger charge is 3.11. The molecule has 0 radical (unpaired) electrons. The molecule has 0 spiro atoms. The standard InChI is InChI=1S/C30HF31O3/c31-5-2-1(10(36)18(17(5)43)64-24(47,48)4-8(34)13(39)16(42)14(40)9(4)35)20(29(56,57)58)25(49,28(54,55)23(2,45)46)21(19(62)63,30(59,60)61)22(44,27(52,53)26(20,50)51)3-6(32)11(37)15(41)12(38)7(3)33/h(H,62,63)/p-1/t20-,21-,22?,25-/m0/s1. The number of hydrogen-bond acceptors (Lipinski definition) is 3. The molecule has 34 heteroatoms. The number of fused-ring (bicyclic) bond motifs is 3. The highest BCUT2D eigenvalue weighted by Crippen LogP contribution is 2.86. The molecule has 1 unspecified atom stereocenters. The van der Waals surface area contributed by atoms with E-state index in [1.54, 1.807) is 0 Å². The number of aliphatic carboxylic acids is 1. The van der Waals surface area contributed by atoms with Gasteiger partial charge in [0.15, 0.2) is 63.6 Å². The summed E-state index contributed by atoms with van der Waals surface area (Å²) < 4.78 is 476. The largest absolute Gasteiger partial charge is 0.549 e. The van der Waals surface area contributed by atoms with Crippen molar-refractivity contribution in [2.75, 3.05) is 0 Å². The molecule has 0 heterocycles. The van der Waals surface area contributed by atoms with Crippen molar-refractivity contribution in [3.63, 3.8) is 0 Å². The van der Waals surface area contributed by atoms with E-state index in [0.29, 0.717) is 0 Å². The molecule has 0 saturated heterocycles. The van der Waals surface area contributed by atoms with Crippen LogP contribution in [0.15, 0.2) is 0 Å². The molecule has 5 rings (SSSR count). The molecule has 2 aliphatic carbocycles. The van der Waals surface area contributed by atoms with E-state index < -0.39 is 174 Å². The van der Waals surface area contributed by atoms with Crippen molar-refractivity contribution in [2.45, 2.75) is 58.9 Å². The third-order valence-corrected chi connectivity index (χ3v) is 10.1. The number of hydrogen-bond donors (Lipinski definition) is 0. The van der Waals surface area contributed by atoms with Gasteiger partial charge >= 0.3 is 42.2 Å². The zero-order chi connectivity index (χ0) is 50.2. The van der Waals surface area contributed by atoms with Crippen molar-refractivity contribution >= 4 is 5.97 Å². The summed E-state index contributed by atoms with van der Waals surface area (Å²) >= 11 is 0. The molecule has 1 saturated carbocycles. The molecule has 3 aromatic carbocycles. The summed E-state index contributed by atoms with van der Waals surface area (Å²) in [6.07, 6.45) is -26.1. The van der Waals surface area contributed by atoms with E-state index in [1.807, 2.05) is 0 Å². The van der Waals surface area contributed by atoms with Crippen molar-refractivity contribution in [2.24, 2.45) is 5.41 Å². The Morgan fingerprint density at radius 3 is 1.14 bits per heavy atom. The van der Waals surface area contributed by atoms with Crippen molar-refractivity contribution in [3.05, 3.63) is 97.9 Å². The van der Waals surface area contributed by atoms with Crippen molar-refractivity contribution in [1.29, 1.82) is 0 Å². The first kappa shape index (κ1) is 49.8. The maximum atomic E-state index is 17.7. The van der Waals surface area contributed by atoms with E-state index in [0.717, 1.165) is 0 Å². The fourth-order valence-corrected chi connectivity index (χ4v) is 7.57. The molecule has 4 atom stereocenters. The molecule has 0 amide bonds. The first-order valence-corrected chi connectivity index (χ1v) is 14.9. The minimum Gasteiger partial charge on any atom is -0.549 e. The second kappa shape index (κ2) is 13.2. The van der Waals surface area contributed by atoms with Gasteiger partial charge in [0.2, 0.25) is 40.0 Å². The van der Waals surface area contributed by atoms with Crippen LogP contribution in [-0.2, 0) is 27.9 Å². The minimum atomic E-state index is -10.1. The summed E-state index contributed by atoms with van der Waals surface area (Å²) in [5, 5.41) is 12.3. The number of ether oxygens (including phenoxy) is 1. The first-order valence-electron chi connectivity index (χ1n) is 14.9. The summed E-state index contributed by atoms with van der Waals surface area (Å²) in [6, 6.07) is 0. The predicted octanol–water partition coefficient (Wildman–Crippen LogP) is 10.3. The Labute approximate surface area is 325 Å². The SMILES string of the molecule is O=C([O-])[C@]1(C(F)(F)F)C(F)(c2c(F)c(F)c(F)c(F)c2F)C(F)(F)C(F)(F)[C@]2(C(F)(F)F)c3c(F)c(OC(F)(F)c4c(F)c(F)c(F)c(F)c4F)c(F)c(F)c3C(F)(F)C(F)(F)[C@@]12F. The molecule has 356 valence electrons. The van der Waals surface area contributed by atoms with Gasteiger partial charge in [-0.25, -0.2) is 61.5 Å². The maximum absolute atomic E-state index is 17.7. The van der Waals surface area contributed by atoms with E-state index in [1.165, 1.54) is 0 Å². The smallest absolute Gasteiger partial charge is 0.432 e. The van der Waals surface area contributed by atoms with Crippen molar-refractivity contribution < 1.29 is 151 Å². The van der Waals surface area contributed by atoms with Gasteiger partial charge in [-0.15, -0.1) is 0 Å². The molecule has 0 aromatic heterocycles. The number of alkyl halides is 18. The lowest BCUT2D eigenvalue weighted by Gasteiger charge is -2.70. The van der Waals surface area contributed by atoms with Gasteiger partial charge in [0, 0.05) is 5.56 Å². The quantitative estimate of drug-likeness (QED) is 0.145. The normalized spacial score (nSPS) is 27.2. The van der Waals surface area contributed by atoms with E-state index in [4.69, 9.17) is 0 Å². The molecule has 0 bridgehead atoms. The van der Waals surface area contributed by atoms with Gasteiger partial charge < -0.3 is 14.6 Å². The van der Waals surface area contributed by atoms with E-state index >= 15 is 92.2 Å². The molecular weight excluding hydrogens is 997 g/mol. The second-order valence-corrected chi connectivity index (χ2v) is 12.9. The number of carboxylic acid groups (broad SMARTS) is 1. The zero-order valence-corrected chi connectivity index (χ0v) is 27.9. The number of carboxylic acids is 1. The lowest BCUT2D eigenvalue weighted by molar-refractivity contribution is -0.514. The monoisotopic (exact) mass is 997 g/mol. The highest BCUT2D eigenvalue weighted by atomic mass is 19.4. The molecule has 3 nitrogen and oxygen atoms in total. The third-order valence-electron chi connectivity index (χ3n) is 10.1. The van der Waals surface area contributed by atoms with Crippen LogP contribution >= 0.6 is 0 Å². The van der Waals surface area contributed by atoms with Crippen LogP contribution in [0.3, 0.4) is 0 Å². The molecule has 0 N–H and O–H groups in total. The summed E-state index contributed by atoms with van der Waals surface area (Å²) in [5.74, 6) is -105. The lowest BCUT2D eigenvalue weighted by atomic mass is 9.37. The Morgan fingerprint density at radius 1 is 0.422 bits per heavy atom. The Kier molecular flexibility index (Phi) is 10.3. The molecule has 0 aliphatic heterocycles. The van der Waals surface area contributed by atoms with Crippen LogP contribution in [0.1, 0.15) is 22.3 Å². The summed E-state index contributed by atoms with van der Waals surface area (Å²) in [5.41, 5.74) is -59.2. The first-order chi connectivity index (χ1) is 28.4. The van der Waals surface area contributed by atoms with Gasteiger partial charge in [0.1, 0.15) is 5.56 Å². The van der Waals surface area contributed by atoms with Crippen LogP contribution in [0.2, 0.25) is 0 Å². The van der Waals surface area contributed by atoms with Gasteiger partial charge in [-0.05, 0) is 0 Å². The molecule has 2 aliphatic rings. The summed E-state index contributed by atoms with van der Waals surface area (Å²) in [7, 11) is 0. The molecule has 3 aromatic rings. The van der Waals surface area contributed by atoms with Crippen LogP contribution in [0.25, 0.3) is 0 Å². The van der Waals surface area contributed by atoms with Crippen LogP contribution in [0.5, 0.6) is 5.75 Å². The Balaban J connectivity index is 2.23. The summed E-state index contributed by atoms with van der Waals surface area (Å²) in [4.78, 5) is 12.3. The molecule has 1 fully saturated rings. The van der Waals surface area contributed by atoms with Gasteiger partial charge in [0.05, 0.1) is 17.1 Å². The van der Waals surface area contributed by atoms with Crippen LogP contribution in [0.4, 0.5) is 136 Å². The average Bonchev–Trinajstić information content (AvgIpc) is 3.13. The number of benzene rings is 3. The third kappa shape index (κ3) is 4.80. The van der Waals surface area contributed by atoms with Gasteiger partial charge in [-0.1, -0.05) is 0 Å². The number of halogens is 31. The zero-order valence-electron chi connectivity index (χ0n) is 27.9. The van der Waals surface area contributed by atoms with E-state index in [-0.39, 0.29) is 0 Å². The van der Waals surface area contributed by atoms with E-state index in [9.17, 15) is 53.8 Å². The molecular formula is C30F31O3-. The van der Waals surface area contributed by atoms with Crippen molar-refractivity contribution in [1.82, 2.24) is 0 Å². The summed E-state index contributed by atoms with van der Waals surface area (Å²) in [6.45, 7) is 0. The Morgan fingerprint density at radius 2 is 0.781 bits per heavy atom. The fraction of sp³-hybridized carbons (Fsp3) is 0.367. The van der Waals surface area contributed by atoms with Crippen LogP contribution in [-0.4, -0.2) is 41.8 Å². The lowest BCUT2D eigenvalue weighted by Crippen LogP contribution is -2.96. The maximum Gasteiger partial charge on any atom is 0.432 e. The minimum absolute atomic E-state index is 2.61. The fourth-order valence-electron chi connectivity index (χ4n) is 7.57. The van der Waals surface area contributed by atoms with Gasteiger partial charge in [0.25, 0.3) is 0 Å². The number of carbonyl (C=O) groups is 1. The van der Waals surface area contributed by atoms with E-state index in [2.05, 4.69) is 4.74 Å². The Hall–Kier alpha value is -5.24. The van der Waals surface area contributed by atoms with Crippen LogP contribution < -0.4 is 9.84 Å². The highest BCUT2D eigenvalue weighted by molar-refractivity contribution is 5.82. The van der Waals surface area contributed by atoms with Crippen LogP contribution in [0, 0.1) is 81.0 Å². The van der Waals surface area contributed by atoms with Gasteiger partial charge in [-0.2, -0.15) is 74.6 Å². The number of rotatable bonds is 5. The van der Waals surface area contributed by atoms with Gasteiger partial charge in [-0.3, -0.25) is 0 Å². The Bertz CT molecular complexity index is 2500.